The fourth-order valence-corrected chi connectivity index (χ4v) is 4.24. The van der Waals surface area contributed by atoms with E-state index in [-0.39, 0.29) is 5.91 Å². The number of nitrogens with zero attached hydrogens (tertiary/aromatic N) is 1. The molecule has 0 bridgehead atoms. The Hall–Kier alpha value is -1.49. The third-order valence-electron chi connectivity index (χ3n) is 4.26. The molecule has 112 valence electrons. The molecule has 0 aromatic heterocycles. The molecule has 0 spiro atoms. The highest BCUT2D eigenvalue weighted by molar-refractivity contribution is 7.99. The number of amides is 1. The molecule has 1 aliphatic heterocycles. The molecule has 1 atom stereocenters. The summed E-state index contributed by atoms with van der Waals surface area (Å²) >= 11 is 1.50. The van der Waals surface area contributed by atoms with Gasteiger partial charge in [0.25, 0.3) is 0 Å². The number of rotatable bonds is 3. The summed E-state index contributed by atoms with van der Waals surface area (Å²) in [6.45, 7) is 0. The molecule has 1 amide bonds. The Labute approximate surface area is 128 Å². The maximum Gasteiger partial charge on any atom is 0.327 e. The van der Waals surface area contributed by atoms with Gasteiger partial charge >= 0.3 is 5.97 Å². The van der Waals surface area contributed by atoms with Crippen molar-refractivity contribution in [2.75, 3.05) is 11.6 Å². The van der Waals surface area contributed by atoms with E-state index in [1.807, 2.05) is 6.07 Å². The van der Waals surface area contributed by atoms with E-state index in [0.29, 0.717) is 18.1 Å². The van der Waals surface area contributed by atoms with Crippen LogP contribution < -0.4 is 0 Å². The molecule has 1 N–H and O–H groups in total. The highest BCUT2D eigenvalue weighted by Gasteiger charge is 2.34. The number of carbonyl (C=O) groups is 2. The van der Waals surface area contributed by atoms with Gasteiger partial charge in [-0.25, -0.2) is 4.79 Å². The van der Waals surface area contributed by atoms with Crippen LogP contribution in [0.5, 0.6) is 0 Å². The quantitative estimate of drug-likeness (QED) is 0.929. The summed E-state index contributed by atoms with van der Waals surface area (Å²) in [6, 6.07) is 5.61. The molecular weight excluding hydrogens is 286 g/mol. The lowest BCUT2D eigenvalue weighted by Gasteiger charge is -2.21. The second-order valence-electron chi connectivity index (χ2n) is 5.70. The molecule has 1 aromatic rings. The van der Waals surface area contributed by atoms with Crippen molar-refractivity contribution >= 4 is 23.6 Å². The lowest BCUT2D eigenvalue weighted by Crippen LogP contribution is -2.42. The highest BCUT2D eigenvalue weighted by atomic mass is 32.2. The number of aryl methyl sites for hydroxylation is 2. The van der Waals surface area contributed by atoms with Crippen molar-refractivity contribution in [1.82, 2.24) is 4.90 Å². The lowest BCUT2D eigenvalue weighted by atomic mass is 9.90. The van der Waals surface area contributed by atoms with Gasteiger partial charge in [-0.15, -0.1) is 11.8 Å². The SMILES string of the molecule is O=C(O)C1CSCN1C(=O)Cc1ccc2c(c1)CCCC2. The third kappa shape index (κ3) is 3.07. The molecule has 0 saturated carbocycles. The molecule has 4 nitrogen and oxygen atoms in total. The molecule has 5 heteroatoms. The van der Waals surface area contributed by atoms with Crippen LogP contribution in [0.15, 0.2) is 18.2 Å². The van der Waals surface area contributed by atoms with E-state index in [1.165, 1.54) is 40.6 Å². The number of carbonyl (C=O) groups excluding carboxylic acids is 1. The smallest absolute Gasteiger partial charge is 0.327 e. The van der Waals surface area contributed by atoms with Crippen molar-refractivity contribution < 1.29 is 14.7 Å². The van der Waals surface area contributed by atoms with Gasteiger partial charge < -0.3 is 10.0 Å². The summed E-state index contributed by atoms with van der Waals surface area (Å²) in [7, 11) is 0. The maximum absolute atomic E-state index is 12.3. The molecule has 1 saturated heterocycles. The zero-order valence-corrected chi connectivity index (χ0v) is 12.7. The second-order valence-corrected chi connectivity index (χ2v) is 6.70. The molecule has 2 aliphatic rings. The van der Waals surface area contributed by atoms with Crippen molar-refractivity contribution in [2.24, 2.45) is 0 Å². The Kier molecular flexibility index (Phi) is 4.19. The van der Waals surface area contributed by atoms with Crippen molar-refractivity contribution in [3.05, 3.63) is 34.9 Å². The number of carboxylic acid groups (broad SMARTS) is 1. The predicted octanol–water partition coefficient (Wildman–Crippen LogP) is 2.09. The van der Waals surface area contributed by atoms with Gasteiger partial charge in [-0.05, 0) is 42.4 Å². The van der Waals surface area contributed by atoms with Gasteiger partial charge in [-0.1, -0.05) is 18.2 Å². The Balaban J connectivity index is 1.71. The highest BCUT2D eigenvalue weighted by Crippen LogP contribution is 2.25. The number of benzene rings is 1. The van der Waals surface area contributed by atoms with E-state index in [4.69, 9.17) is 5.11 Å². The van der Waals surface area contributed by atoms with Gasteiger partial charge in [-0.3, -0.25) is 4.79 Å². The summed E-state index contributed by atoms with van der Waals surface area (Å²) in [4.78, 5) is 25.0. The number of thioether (sulfide) groups is 1. The van der Waals surface area contributed by atoms with Gasteiger partial charge in [0.1, 0.15) is 6.04 Å². The third-order valence-corrected chi connectivity index (χ3v) is 5.27. The summed E-state index contributed by atoms with van der Waals surface area (Å²) in [5, 5.41) is 9.15. The summed E-state index contributed by atoms with van der Waals surface area (Å²) < 4.78 is 0. The van der Waals surface area contributed by atoms with E-state index in [1.54, 1.807) is 0 Å². The van der Waals surface area contributed by atoms with Gasteiger partial charge in [0, 0.05) is 5.75 Å². The maximum atomic E-state index is 12.3. The first-order chi connectivity index (χ1) is 10.1. The average molecular weight is 305 g/mol. The zero-order valence-electron chi connectivity index (χ0n) is 11.9. The van der Waals surface area contributed by atoms with Gasteiger partial charge in [0.15, 0.2) is 0 Å². The van der Waals surface area contributed by atoms with Crippen LogP contribution in [0.25, 0.3) is 0 Å². The van der Waals surface area contributed by atoms with Gasteiger partial charge in [-0.2, -0.15) is 0 Å². The van der Waals surface area contributed by atoms with Crippen LogP contribution in [0.1, 0.15) is 29.5 Å². The van der Waals surface area contributed by atoms with Crippen LogP contribution in [0.4, 0.5) is 0 Å². The summed E-state index contributed by atoms with van der Waals surface area (Å²) in [6.07, 6.45) is 4.99. The first-order valence-corrected chi connectivity index (χ1v) is 8.51. The fraction of sp³-hybridized carbons (Fsp3) is 0.500. The lowest BCUT2D eigenvalue weighted by molar-refractivity contribution is -0.147. The molecule has 3 rings (SSSR count). The summed E-state index contributed by atoms with van der Waals surface area (Å²) in [5.74, 6) is -0.00613. The Bertz CT molecular complexity index is 573. The van der Waals surface area contributed by atoms with Crippen LogP contribution in [-0.4, -0.2) is 39.6 Å². The number of carboxylic acids is 1. The van der Waals surface area contributed by atoms with Crippen LogP contribution in [0.3, 0.4) is 0 Å². The number of hydrogen-bond acceptors (Lipinski definition) is 3. The molecule has 1 unspecified atom stereocenters. The van der Waals surface area contributed by atoms with Crippen molar-refractivity contribution in [2.45, 2.75) is 38.1 Å². The molecule has 21 heavy (non-hydrogen) atoms. The van der Waals surface area contributed by atoms with Gasteiger partial charge in [0.2, 0.25) is 5.91 Å². The first kappa shape index (κ1) is 14.4. The molecule has 1 aliphatic carbocycles. The molecule has 1 aromatic carbocycles. The monoisotopic (exact) mass is 305 g/mol. The molecular formula is C16H19NO3S. The minimum atomic E-state index is -0.904. The Morgan fingerprint density at radius 1 is 1.24 bits per heavy atom. The van der Waals surface area contributed by atoms with Crippen molar-refractivity contribution in [1.29, 1.82) is 0 Å². The van der Waals surface area contributed by atoms with Crippen molar-refractivity contribution in [3.63, 3.8) is 0 Å². The second kappa shape index (κ2) is 6.10. The van der Waals surface area contributed by atoms with E-state index < -0.39 is 12.0 Å². The van der Waals surface area contributed by atoms with Crippen molar-refractivity contribution in [3.8, 4) is 0 Å². The largest absolute Gasteiger partial charge is 0.480 e. The molecule has 1 fully saturated rings. The normalized spacial score (nSPS) is 21.1. The topological polar surface area (TPSA) is 57.6 Å². The number of fused-ring (bicyclic) bond motifs is 1. The standard InChI is InChI=1S/C16H19NO3S/c18-15(17-10-21-9-14(17)16(19)20)8-11-5-6-12-3-1-2-4-13(12)7-11/h5-7,14H,1-4,8-10H2,(H,19,20). The Morgan fingerprint density at radius 3 is 2.76 bits per heavy atom. The molecule has 0 radical (unpaired) electrons. The minimum absolute atomic E-state index is 0.0804. The number of hydrogen-bond donors (Lipinski definition) is 1. The average Bonchev–Trinajstić information content (AvgIpc) is 2.97. The van der Waals surface area contributed by atoms with E-state index in [2.05, 4.69) is 12.1 Å². The van der Waals surface area contributed by atoms with E-state index in [9.17, 15) is 9.59 Å². The van der Waals surface area contributed by atoms with E-state index in [0.717, 1.165) is 18.4 Å². The first-order valence-electron chi connectivity index (χ1n) is 7.36. The summed E-state index contributed by atoms with van der Waals surface area (Å²) in [5.41, 5.74) is 3.76. The van der Waals surface area contributed by atoms with Crippen LogP contribution in [-0.2, 0) is 28.9 Å². The predicted molar refractivity (Wildman–Crippen MR) is 82.4 cm³/mol. The Morgan fingerprint density at radius 2 is 2.00 bits per heavy atom. The van der Waals surface area contributed by atoms with Crippen LogP contribution in [0, 0.1) is 0 Å². The molecule has 1 heterocycles. The van der Waals surface area contributed by atoms with Crippen LogP contribution >= 0.6 is 11.8 Å². The van der Waals surface area contributed by atoms with Gasteiger partial charge in [0.05, 0.1) is 12.3 Å². The zero-order chi connectivity index (χ0) is 14.8. The van der Waals surface area contributed by atoms with E-state index >= 15 is 0 Å². The fourth-order valence-electron chi connectivity index (χ4n) is 3.07. The number of aliphatic carboxylic acids is 1. The van der Waals surface area contributed by atoms with Crippen LogP contribution in [0.2, 0.25) is 0 Å². The minimum Gasteiger partial charge on any atom is -0.480 e.